The number of benzene rings is 2. The van der Waals surface area contributed by atoms with E-state index in [1.54, 1.807) is 30.3 Å². The summed E-state index contributed by atoms with van der Waals surface area (Å²) in [6.45, 7) is 6.42. The fraction of sp³-hybridized carbons (Fsp3) is 0.360. The molecule has 1 saturated heterocycles. The largest absolute Gasteiger partial charge is 0.379 e. The van der Waals surface area contributed by atoms with E-state index in [1.807, 2.05) is 11.5 Å². The Morgan fingerprint density at radius 3 is 2.69 bits per heavy atom. The number of nitrogens with one attached hydrogen (secondary N) is 1. The number of halogens is 1. The molecule has 1 amide bonds. The molecule has 0 bridgehead atoms. The van der Waals surface area contributed by atoms with Crippen molar-refractivity contribution in [3.8, 4) is 11.4 Å². The molecule has 0 unspecified atom stereocenters. The van der Waals surface area contributed by atoms with Crippen molar-refractivity contribution in [1.29, 1.82) is 0 Å². The number of ether oxygens (including phenoxy) is 1. The molecule has 1 aromatic heterocycles. The topological polar surface area (TPSA) is 89.3 Å². The molecular weight excluding hydrogens is 469 g/mol. The molecule has 5 rings (SSSR count). The first kappa shape index (κ1) is 23.7. The number of Topliss-reactive ketones (excluding diaryl/α,β-unsaturated/α-hetero) is 1. The molecule has 0 saturated carbocycles. The van der Waals surface area contributed by atoms with Crippen LogP contribution >= 0.6 is 11.8 Å². The van der Waals surface area contributed by atoms with Crippen LogP contribution in [0.1, 0.15) is 28.8 Å². The molecule has 2 aliphatic rings. The molecule has 0 spiro atoms. The molecule has 2 aliphatic heterocycles. The second kappa shape index (κ2) is 10.3. The quantitative estimate of drug-likeness (QED) is 0.378. The van der Waals surface area contributed by atoms with E-state index in [0.29, 0.717) is 36.3 Å². The van der Waals surface area contributed by atoms with Gasteiger partial charge in [-0.2, -0.15) is 0 Å². The van der Waals surface area contributed by atoms with Crippen molar-refractivity contribution in [2.24, 2.45) is 0 Å². The minimum Gasteiger partial charge on any atom is -0.379 e. The van der Waals surface area contributed by atoms with Crippen molar-refractivity contribution in [2.75, 3.05) is 43.9 Å². The third-order valence-electron chi connectivity index (χ3n) is 6.39. The highest BCUT2D eigenvalue weighted by atomic mass is 32.2. The Morgan fingerprint density at radius 2 is 1.91 bits per heavy atom. The average molecular weight is 496 g/mol. The third-order valence-corrected chi connectivity index (χ3v) is 7.35. The van der Waals surface area contributed by atoms with Gasteiger partial charge in [-0.15, -0.1) is 10.2 Å². The Labute approximate surface area is 206 Å². The van der Waals surface area contributed by atoms with E-state index in [1.165, 1.54) is 23.9 Å². The van der Waals surface area contributed by atoms with Gasteiger partial charge in [-0.1, -0.05) is 11.8 Å². The van der Waals surface area contributed by atoms with Crippen molar-refractivity contribution in [3.05, 3.63) is 59.4 Å². The van der Waals surface area contributed by atoms with Gasteiger partial charge in [-0.3, -0.25) is 14.5 Å². The number of thioether (sulfide) groups is 1. The minimum absolute atomic E-state index is 0.0459. The smallest absolute Gasteiger partial charge is 0.231 e. The minimum atomic E-state index is -0.311. The summed E-state index contributed by atoms with van der Waals surface area (Å²) in [4.78, 5) is 27.2. The van der Waals surface area contributed by atoms with E-state index < -0.39 is 0 Å². The lowest BCUT2D eigenvalue weighted by atomic mass is 9.99. The number of rotatable bonds is 8. The van der Waals surface area contributed by atoms with Gasteiger partial charge in [0.15, 0.2) is 16.8 Å². The zero-order valence-corrected chi connectivity index (χ0v) is 20.2. The van der Waals surface area contributed by atoms with Crippen LogP contribution in [-0.2, 0) is 16.1 Å². The summed E-state index contributed by atoms with van der Waals surface area (Å²) in [5, 5.41) is 12.2. The highest BCUT2D eigenvalue weighted by Crippen LogP contribution is 2.33. The SMILES string of the molecule is C[C@@H]1C(=O)Nc2ccc(C(=O)CSc3nnc(-c4ccc(F)cc4)n3CCN3CCOCC3)cc21. The molecule has 35 heavy (non-hydrogen) atoms. The maximum atomic E-state index is 13.5. The first-order valence-corrected chi connectivity index (χ1v) is 12.6. The van der Waals surface area contributed by atoms with Crippen molar-refractivity contribution < 1.29 is 18.7 Å². The van der Waals surface area contributed by atoms with Gasteiger partial charge >= 0.3 is 0 Å². The summed E-state index contributed by atoms with van der Waals surface area (Å²) in [5.41, 5.74) is 2.94. The van der Waals surface area contributed by atoms with Gasteiger partial charge < -0.3 is 14.6 Å². The van der Waals surface area contributed by atoms with Crippen molar-refractivity contribution in [1.82, 2.24) is 19.7 Å². The summed E-state index contributed by atoms with van der Waals surface area (Å²) in [6.07, 6.45) is 0. The Bertz CT molecular complexity index is 1240. The predicted molar refractivity (Wildman–Crippen MR) is 131 cm³/mol. The Hall–Kier alpha value is -3.08. The zero-order chi connectivity index (χ0) is 24.4. The second-order valence-corrected chi connectivity index (χ2v) is 9.59. The highest BCUT2D eigenvalue weighted by Gasteiger charge is 2.27. The average Bonchev–Trinajstić information content (AvgIpc) is 3.41. The van der Waals surface area contributed by atoms with Crippen LogP contribution in [0.15, 0.2) is 47.6 Å². The van der Waals surface area contributed by atoms with Gasteiger partial charge in [0.05, 0.1) is 24.9 Å². The number of nitrogens with zero attached hydrogens (tertiary/aromatic N) is 4. The normalized spacial score (nSPS) is 17.9. The number of morpholine rings is 1. The van der Waals surface area contributed by atoms with E-state index in [4.69, 9.17) is 4.74 Å². The lowest BCUT2D eigenvalue weighted by Crippen LogP contribution is -2.38. The fourth-order valence-electron chi connectivity index (χ4n) is 4.28. The summed E-state index contributed by atoms with van der Waals surface area (Å²) in [6, 6.07) is 11.5. The zero-order valence-electron chi connectivity index (χ0n) is 19.4. The molecule has 3 heterocycles. The van der Waals surface area contributed by atoms with Crippen LogP contribution < -0.4 is 5.32 Å². The summed E-state index contributed by atoms with van der Waals surface area (Å²) in [5.74, 6) is 0.147. The number of aromatic nitrogens is 3. The Kier molecular flexibility index (Phi) is 6.94. The standard InChI is InChI=1S/C25H26FN5O3S/c1-16-20-14-18(4-7-21(20)27-24(16)33)22(32)15-35-25-29-28-23(17-2-5-19(26)6-3-17)31(25)9-8-30-10-12-34-13-11-30/h2-7,14,16H,8-13,15H2,1H3,(H,27,33)/t16-/m0/s1. The third kappa shape index (κ3) is 5.14. The molecule has 1 fully saturated rings. The molecular formula is C25H26FN5O3S. The summed E-state index contributed by atoms with van der Waals surface area (Å²) >= 11 is 1.33. The van der Waals surface area contributed by atoms with Crippen LogP contribution in [0.3, 0.4) is 0 Å². The lowest BCUT2D eigenvalue weighted by molar-refractivity contribution is -0.116. The molecule has 3 aromatic rings. The van der Waals surface area contributed by atoms with Crippen LogP contribution in [0.4, 0.5) is 10.1 Å². The number of hydrogen-bond acceptors (Lipinski definition) is 7. The molecule has 10 heteroatoms. The van der Waals surface area contributed by atoms with Gasteiger partial charge in [0.1, 0.15) is 5.82 Å². The van der Waals surface area contributed by atoms with Crippen molar-refractivity contribution in [2.45, 2.75) is 24.5 Å². The number of anilines is 1. The number of fused-ring (bicyclic) bond motifs is 1. The van der Waals surface area contributed by atoms with Gasteiger partial charge in [-0.05, 0) is 55.0 Å². The first-order valence-electron chi connectivity index (χ1n) is 11.6. The number of carbonyl (C=O) groups is 2. The Balaban J connectivity index is 1.33. The van der Waals surface area contributed by atoms with Crippen LogP contribution in [0, 0.1) is 5.82 Å². The van der Waals surface area contributed by atoms with Crippen LogP contribution in [0.2, 0.25) is 0 Å². The Morgan fingerprint density at radius 1 is 1.14 bits per heavy atom. The number of carbonyl (C=O) groups excluding carboxylic acids is 2. The highest BCUT2D eigenvalue weighted by molar-refractivity contribution is 7.99. The van der Waals surface area contributed by atoms with E-state index >= 15 is 0 Å². The van der Waals surface area contributed by atoms with Crippen molar-refractivity contribution >= 4 is 29.1 Å². The van der Waals surface area contributed by atoms with Gasteiger partial charge in [0.2, 0.25) is 5.91 Å². The molecule has 0 aliphatic carbocycles. The van der Waals surface area contributed by atoms with E-state index in [0.717, 1.165) is 36.4 Å². The number of hydrogen-bond donors (Lipinski definition) is 1. The van der Waals surface area contributed by atoms with E-state index in [-0.39, 0.29) is 29.2 Å². The van der Waals surface area contributed by atoms with Gasteiger partial charge in [0, 0.05) is 43.0 Å². The maximum absolute atomic E-state index is 13.5. The maximum Gasteiger partial charge on any atom is 0.231 e. The number of ketones is 1. The predicted octanol–water partition coefficient (Wildman–Crippen LogP) is 3.45. The van der Waals surface area contributed by atoms with Gasteiger partial charge in [-0.25, -0.2) is 4.39 Å². The van der Waals surface area contributed by atoms with Crippen LogP contribution in [-0.4, -0.2) is 70.0 Å². The van der Waals surface area contributed by atoms with E-state index in [9.17, 15) is 14.0 Å². The first-order chi connectivity index (χ1) is 17.0. The monoisotopic (exact) mass is 495 g/mol. The van der Waals surface area contributed by atoms with Crippen LogP contribution in [0.25, 0.3) is 11.4 Å². The second-order valence-electron chi connectivity index (χ2n) is 8.64. The molecule has 8 nitrogen and oxygen atoms in total. The molecule has 1 N–H and O–H groups in total. The summed E-state index contributed by atoms with van der Waals surface area (Å²) < 4.78 is 20.9. The molecule has 0 radical (unpaired) electrons. The van der Waals surface area contributed by atoms with Crippen molar-refractivity contribution in [3.63, 3.8) is 0 Å². The van der Waals surface area contributed by atoms with Crippen LogP contribution in [0.5, 0.6) is 0 Å². The van der Waals surface area contributed by atoms with Gasteiger partial charge in [0.25, 0.3) is 0 Å². The van der Waals surface area contributed by atoms with E-state index in [2.05, 4.69) is 20.4 Å². The molecule has 1 atom stereocenters. The molecule has 182 valence electrons. The lowest BCUT2D eigenvalue weighted by Gasteiger charge is -2.27. The number of amides is 1. The fourth-order valence-corrected chi connectivity index (χ4v) is 5.14. The summed E-state index contributed by atoms with van der Waals surface area (Å²) in [7, 11) is 0. The molecule has 2 aromatic carbocycles.